The number of hydrogen-bond acceptors (Lipinski definition) is 4. The Hall–Kier alpha value is -3.92. The molecule has 0 radical (unpaired) electrons. The number of rotatable bonds is 6. The molecular weight excluding hydrogens is 396 g/mol. The first-order valence-electron chi connectivity index (χ1n) is 10.8. The van der Waals surface area contributed by atoms with Crippen LogP contribution in [0.15, 0.2) is 97.1 Å². The van der Waals surface area contributed by atoms with E-state index in [4.69, 9.17) is 9.47 Å². The summed E-state index contributed by atoms with van der Waals surface area (Å²) >= 11 is 0. The molecule has 1 aliphatic rings. The molecule has 0 saturated heterocycles. The summed E-state index contributed by atoms with van der Waals surface area (Å²) in [5.74, 6) is 1.75. The van der Waals surface area contributed by atoms with Crippen LogP contribution in [0.2, 0.25) is 0 Å². The normalized spacial score (nSPS) is 12.2. The molecule has 0 spiro atoms. The van der Waals surface area contributed by atoms with Crippen LogP contribution >= 0.6 is 0 Å². The van der Waals surface area contributed by atoms with E-state index in [0.29, 0.717) is 0 Å². The van der Waals surface area contributed by atoms with Crippen LogP contribution in [0.3, 0.4) is 0 Å². The number of anilines is 4. The van der Waals surface area contributed by atoms with Gasteiger partial charge in [0.2, 0.25) is 0 Å². The molecule has 0 fully saturated rings. The molecule has 0 bridgehead atoms. The van der Waals surface area contributed by atoms with E-state index in [-0.39, 0.29) is 0 Å². The second kappa shape index (κ2) is 8.67. The van der Waals surface area contributed by atoms with Crippen LogP contribution in [0.4, 0.5) is 22.7 Å². The van der Waals surface area contributed by atoms with Crippen LogP contribution in [0.5, 0.6) is 11.5 Å². The summed E-state index contributed by atoms with van der Waals surface area (Å²) < 4.78 is 10.7. The Morgan fingerprint density at radius 1 is 0.469 bits per heavy atom. The van der Waals surface area contributed by atoms with Gasteiger partial charge >= 0.3 is 0 Å². The third kappa shape index (κ3) is 3.76. The van der Waals surface area contributed by atoms with E-state index in [9.17, 15) is 0 Å². The average molecular weight is 423 g/mol. The lowest BCUT2D eigenvalue weighted by atomic mass is 10.0. The smallest absolute Gasteiger partial charge is 0.118 e. The van der Waals surface area contributed by atoms with Gasteiger partial charge in [-0.3, -0.25) is 0 Å². The predicted octanol–water partition coefficient (Wildman–Crippen LogP) is 6.69. The summed E-state index contributed by atoms with van der Waals surface area (Å²) in [6, 6.07) is 33.9. The fourth-order valence-electron chi connectivity index (χ4n) is 4.27. The van der Waals surface area contributed by atoms with Crippen molar-refractivity contribution in [2.24, 2.45) is 0 Å². The van der Waals surface area contributed by atoms with E-state index in [1.807, 2.05) is 24.3 Å². The molecule has 5 rings (SSSR count). The van der Waals surface area contributed by atoms with Gasteiger partial charge in [-0.1, -0.05) is 48.5 Å². The zero-order valence-electron chi connectivity index (χ0n) is 18.4. The number of benzene rings is 4. The molecule has 4 nitrogen and oxygen atoms in total. The van der Waals surface area contributed by atoms with E-state index in [1.54, 1.807) is 14.2 Å². The van der Waals surface area contributed by atoms with Crippen LogP contribution < -0.4 is 19.3 Å². The van der Waals surface area contributed by atoms with Crippen LogP contribution in [0, 0.1) is 0 Å². The van der Waals surface area contributed by atoms with E-state index >= 15 is 0 Å². The molecule has 32 heavy (non-hydrogen) atoms. The molecule has 0 unspecified atom stereocenters. The Bertz CT molecular complexity index is 1060. The van der Waals surface area contributed by atoms with Crippen LogP contribution in [0.1, 0.15) is 11.1 Å². The molecular formula is C28H26N2O2. The molecule has 0 amide bonds. The summed E-state index contributed by atoms with van der Waals surface area (Å²) in [4.78, 5) is 4.80. The van der Waals surface area contributed by atoms with Crippen molar-refractivity contribution in [2.45, 2.75) is 13.1 Å². The molecule has 0 saturated carbocycles. The third-order valence-corrected chi connectivity index (χ3v) is 5.93. The molecule has 1 aliphatic heterocycles. The summed E-state index contributed by atoms with van der Waals surface area (Å²) in [5, 5.41) is 0. The molecule has 0 aromatic heterocycles. The van der Waals surface area contributed by atoms with Crippen molar-refractivity contribution in [1.82, 2.24) is 0 Å². The monoisotopic (exact) mass is 422 g/mol. The second-order valence-electron chi connectivity index (χ2n) is 7.85. The van der Waals surface area contributed by atoms with Gasteiger partial charge in [-0.25, -0.2) is 0 Å². The Balaban J connectivity index is 1.54. The fourth-order valence-corrected chi connectivity index (χ4v) is 4.27. The third-order valence-electron chi connectivity index (χ3n) is 5.93. The molecule has 160 valence electrons. The lowest BCUT2D eigenvalue weighted by Crippen LogP contribution is -2.29. The number of fused-ring (bicyclic) bond motifs is 2. The van der Waals surface area contributed by atoms with Crippen molar-refractivity contribution in [1.29, 1.82) is 0 Å². The highest BCUT2D eigenvalue weighted by molar-refractivity contribution is 5.93. The van der Waals surface area contributed by atoms with E-state index < -0.39 is 0 Å². The summed E-state index contributed by atoms with van der Waals surface area (Å²) in [6.45, 7) is 1.57. The quantitative estimate of drug-likeness (QED) is 0.345. The fraction of sp³-hybridized carbons (Fsp3) is 0.143. The maximum absolute atomic E-state index is 5.33. The molecule has 0 atom stereocenters. The first kappa shape index (κ1) is 20.0. The minimum atomic E-state index is 0.786. The molecule has 4 aromatic carbocycles. The van der Waals surface area contributed by atoms with Gasteiger partial charge in [0.05, 0.1) is 37.0 Å². The number of hydrogen-bond donors (Lipinski definition) is 0. The zero-order chi connectivity index (χ0) is 21.9. The number of nitrogens with zero attached hydrogens (tertiary/aromatic N) is 2. The van der Waals surface area contributed by atoms with Crippen molar-refractivity contribution < 1.29 is 9.47 Å². The predicted molar refractivity (Wildman–Crippen MR) is 131 cm³/mol. The molecule has 1 heterocycles. The van der Waals surface area contributed by atoms with Gasteiger partial charge in [0.15, 0.2) is 0 Å². The van der Waals surface area contributed by atoms with Gasteiger partial charge in [-0.05, 0) is 59.7 Å². The molecule has 0 aliphatic carbocycles. The lowest BCUT2D eigenvalue weighted by molar-refractivity contribution is 0.414. The van der Waals surface area contributed by atoms with Gasteiger partial charge in [0, 0.05) is 13.1 Å². The number of methoxy groups -OCH3 is 2. The summed E-state index contributed by atoms with van der Waals surface area (Å²) in [5.41, 5.74) is 7.29. The SMILES string of the molecule is COc1ccc(CN2c3ccccc3N(Cc3ccc(OC)cc3)c3ccccc32)cc1. The Morgan fingerprint density at radius 3 is 1.06 bits per heavy atom. The number of para-hydroxylation sites is 4. The van der Waals surface area contributed by atoms with E-state index in [0.717, 1.165) is 24.6 Å². The van der Waals surface area contributed by atoms with Crippen molar-refractivity contribution in [2.75, 3.05) is 24.0 Å². The van der Waals surface area contributed by atoms with Gasteiger partial charge in [0.1, 0.15) is 11.5 Å². The first-order chi connectivity index (χ1) is 15.8. The van der Waals surface area contributed by atoms with Crippen LogP contribution in [0.25, 0.3) is 0 Å². The zero-order valence-corrected chi connectivity index (χ0v) is 18.4. The van der Waals surface area contributed by atoms with E-state index in [1.165, 1.54) is 33.9 Å². The van der Waals surface area contributed by atoms with E-state index in [2.05, 4.69) is 82.6 Å². The lowest BCUT2D eigenvalue weighted by Gasteiger charge is -2.40. The standard InChI is InChI=1S/C28H26N2O2/c1-31-23-15-11-21(12-16-23)19-29-25-7-3-5-9-27(25)30(28-10-6-4-8-26(28)29)20-22-13-17-24(32-2)18-14-22/h3-18H,19-20H2,1-2H3. The summed E-state index contributed by atoms with van der Waals surface area (Å²) in [7, 11) is 3.40. The topological polar surface area (TPSA) is 24.9 Å². The Kier molecular flexibility index (Phi) is 5.42. The minimum absolute atomic E-state index is 0.786. The van der Waals surface area contributed by atoms with Gasteiger partial charge in [-0.15, -0.1) is 0 Å². The molecule has 4 aromatic rings. The maximum atomic E-state index is 5.33. The minimum Gasteiger partial charge on any atom is -0.497 e. The second-order valence-corrected chi connectivity index (χ2v) is 7.85. The van der Waals surface area contributed by atoms with Gasteiger partial charge in [-0.2, -0.15) is 0 Å². The van der Waals surface area contributed by atoms with Crippen molar-refractivity contribution >= 4 is 22.7 Å². The summed E-state index contributed by atoms with van der Waals surface area (Å²) in [6.07, 6.45) is 0. The van der Waals surface area contributed by atoms with Crippen molar-refractivity contribution in [3.05, 3.63) is 108 Å². The average Bonchev–Trinajstić information content (AvgIpc) is 2.86. The Labute approximate surface area is 189 Å². The van der Waals surface area contributed by atoms with Gasteiger partial charge in [0.25, 0.3) is 0 Å². The van der Waals surface area contributed by atoms with Gasteiger partial charge < -0.3 is 19.3 Å². The highest BCUT2D eigenvalue weighted by atomic mass is 16.5. The Morgan fingerprint density at radius 2 is 0.781 bits per heavy atom. The highest BCUT2D eigenvalue weighted by Crippen LogP contribution is 2.48. The number of ether oxygens (including phenoxy) is 2. The molecule has 0 N–H and O–H groups in total. The highest BCUT2D eigenvalue weighted by Gasteiger charge is 2.28. The van der Waals surface area contributed by atoms with Crippen LogP contribution in [-0.4, -0.2) is 14.2 Å². The van der Waals surface area contributed by atoms with Crippen LogP contribution in [-0.2, 0) is 13.1 Å². The maximum Gasteiger partial charge on any atom is 0.118 e. The van der Waals surface area contributed by atoms with Crippen molar-refractivity contribution in [3.63, 3.8) is 0 Å². The first-order valence-corrected chi connectivity index (χ1v) is 10.8. The molecule has 4 heteroatoms. The largest absolute Gasteiger partial charge is 0.497 e. The van der Waals surface area contributed by atoms with Crippen molar-refractivity contribution in [3.8, 4) is 11.5 Å².